The maximum atomic E-state index is 14.2. The van der Waals surface area contributed by atoms with Crippen molar-refractivity contribution < 1.29 is 23.4 Å². The Morgan fingerprint density at radius 2 is 1.42 bits per heavy atom. The topological polar surface area (TPSA) is 69.6 Å². The number of aliphatic imine (C=N–C) groups is 1. The van der Waals surface area contributed by atoms with E-state index in [1.54, 1.807) is 7.11 Å². The van der Waals surface area contributed by atoms with Crippen molar-refractivity contribution in [3.05, 3.63) is 90.5 Å². The number of hydrogen-bond donors (Lipinski definition) is 0. The van der Waals surface area contributed by atoms with E-state index in [1.807, 2.05) is 11.0 Å². The Morgan fingerprint density at radius 3 is 1.95 bits per heavy atom. The molecule has 3 aliphatic rings. The Morgan fingerprint density at radius 1 is 0.860 bits per heavy atom. The molecule has 4 atom stereocenters. The number of methoxy groups -OCH3 is 2. The maximum absolute atomic E-state index is 14.2. The number of unbranched alkanes of at least 4 members (excludes halogenated alkanes) is 3. The van der Waals surface area contributed by atoms with Crippen LogP contribution in [0.3, 0.4) is 0 Å². The van der Waals surface area contributed by atoms with Gasteiger partial charge in [0.15, 0.2) is 0 Å². The van der Waals surface area contributed by atoms with Crippen molar-refractivity contribution in [2.45, 2.75) is 142 Å². The number of para-hydroxylation sites is 1. The number of ether oxygens (including phenoxy) is 3. The minimum absolute atomic E-state index is 0.124. The van der Waals surface area contributed by atoms with Gasteiger partial charge in [0.2, 0.25) is 0 Å². The second-order valence-corrected chi connectivity index (χ2v) is 36.1. The SMILES string of the molecule is CCC[CH2][Sn]([CH2]CCC)([CH2]CCC)[CH2]/N=C1/CC[C@@]23[C@@H](C1)[C@H](OC)O[C@]2(CCO[Si](c1ccccc1)(c1ccccc1)C(C)(C)C)c1ccccc1N3C(=O)OC. The third kappa shape index (κ3) is 8.08. The van der Waals surface area contributed by atoms with Crippen LogP contribution in [0.2, 0.25) is 18.3 Å². The van der Waals surface area contributed by atoms with Crippen molar-refractivity contribution in [3.63, 3.8) is 0 Å². The number of nitrogens with zero attached hydrogens (tertiary/aromatic N) is 2. The molecule has 310 valence electrons. The number of amides is 1. The number of rotatable bonds is 18. The average molecular weight is 902 g/mol. The molecular weight excluding hydrogens is 831 g/mol. The Bertz CT molecular complexity index is 1740. The van der Waals surface area contributed by atoms with Gasteiger partial charge in [0.1, 0.15) is 0 Å². The zero-order valence-electron chi connectivity index (χ0n) is 36.3. The molecule has 0 N–H and O–H groups in total. The Labute approximate surface area is 349 Å². The number of carbonyl (C=O) groups excluding carboxylic acids is 1. The van der Waals surface area contributed by atoms with Gasteiger partial charge in [-0.15, -0.1) is 0 Å². The summed E-state index contributed by atoms with van der Waals surface area (Å²) in [4.78, 5) is 21.8. The first-order chi connectivity index (χ1) is 27.5. The van der Waals surface area contributed by atoms with Gasteiger partial charge in [0, 0.05) is 0 Å². The van der Waals surface area contributed by atoms with Crippen LogP contribution in [0.5, 0.6) is 0 Å². The molecule has 1 amide bonds. The summed E-state index contributed by atoms with van der Waals surface area (Å²) in [6, 6.07) is 30.0. The first kappa shape index (κ1) is 44.1. The van der Waals surface area contributed by atoms with E-state index in [-0.39, 0.29) is 17.0 Å². The molecule has 1 aliphatic carbocycles. The second kappa shape index (κ2) is 18.8. The van der Waals surface area contributed by atoms with E-state index >= 15 is 0 Å². The zero-order valence-corrected chi connectivity index (χ0v) is 40.1. The minimum atomic E-state index is -2.85. The van der Waals surface area contributed by atoms with E-state index in [0.717, 1.165) is 35.1 Å². The molecule has 0 radical (unpaired) electrons. The van der Waals surface area contributed by atoms with Gasteiger partial charge in [-0.3, -0.25) is 0 Å². The number of hydrogen-bond acceptors (Lipinski definition) is 6. The molecule has 0 bridgehead atoms. The van der Waals surface area contributed by atoms with Crippen LogP contribution < -0.4 is 15.3 Å². The molecule has 0 aromatic heterocycles. The van der Waals surface area contributed by atoms with Crippen molar-refractivity contribution in [3.8, 4) is 0 Å². The molecule has 7 nitrogen and oxygen atoms in total. The third-order valence-corrected chi connectivity index (χ3v) is 33.3. The van der Waals surface area contributed by atoms with Crippen LogP contribution in [0, 0.1) is 5.92 Å². The monoisotopic (exact) mass is 902 g/mol. The predicted octanol–water partition coefficient (Wildman–Crippen LogP) is 10.8. The fourth-order valence-corrected chi connectivity index (χ4v) is 30.1. The van der Waals surface area contributed by atoms with Gasteiger partial charge in [-0.25, -0.2) is 0 Å². The number of benzene rings is 3. The third-order valence-electron chi connectivity index (χ3n) is 13.8. The Kier molecular flexibility index (Phi) is 14.6. The fraction of sp³-hybridized carbons (Fsp3) is 0.583. The molecular formula is C48H70N2O5SiSn. The fourth-order valence-electron chi connectivity index (χ4n) is 11.0. The van der Waals surface area contributed by atoms with Gasteiger partial charge in [-0.05, 0) is 0 Å². The molecule has 3 aromatic carbocycles. The van der Waals surface area contributed by atoms with Crippen molar-refractivity contribution >= 4 is 54.6 Å². The van der Waals surface area contributed by atoms with E-state index in [9.17, 15) is 4.79 Å². The molecule has 1 saturated heterocycles. The van der Waals surface area contributed by atoms with E-state index in [4.69, 9.17) is 23.6 Å². The van der Waals surface area contributed by atoms with Crippen LogP contribution in [0.1, 0.15) is 111 Å². The van der Waals surface area contributed by atoms with Crippen molar-refractivity contribution in [1.29, 1.82) is 0 Å². The quantitative estimate of drug-likeness (QED) is 0.119. The molecule has 1 spiro atoms. The van der Waals surface area contributed by atoms with Crippen LogP contribution in [0.4, 0.5) is 10.5 Å². The summed E-state index contributed by atoms with van der Waals surface area (Å²) in [7, 11) is 0.403. The van der Waals surface area contributed by atoms with E-state index in [2.05, 4.69) is 120 Å². The summed E-state index contributed by atoms with van der Waals surface area (Å²) < 4.78 is 32.4. The molecule has 1 saturated carbocycles. The first-order valence-electron chi connectivity index (χ1n) is 22.0. The van der Waals surface area contributed by atoms with Gasteiger partial charge in [0.05, 0.1) is 0 Å². The molecule has 3 aromatic rings. The Hall–Kier alpha value is -2.50. The predicted molar refractivity (Wildman–Crippen MR) is 240 cm³/mol. The number of carbonyl (C=O) groups is 1. The summed E-state index contributed by atoms with van der Waals surface area (Å²) in [5.41, 5.74) is 1.56. The molecule has 57 heavy (non-hydrogen) atoms. The van der Waals surface area contributed by atoms with E-state index in [0.29, 0.717) is 13.0 Å². The molecule has 9 heteroatoms. The van der Waals surface area contributed by atoms with Crippen molar-refractivity contribution in [2.75, 3.05) is 30.3 Å². The number of anilines is 1. The van der Waals surface area contributed by atoms with Gasteiger partial charge >= 0.3 is 270 Å². The molecule has 0 unspecified atom stereocenters. The first-order valence-corrected chi connectivity index (χ1v) is 32.0. The van der Waals surface area contributed by atoms with Crippen molar-refractivity contribution in [1.82, 2.24) is 0 Å². The van der Waals surface area contributed by atoms with Crippen LogP contribution in [-0.4, -0.2) is 75.7 Å². The van der Waals surface area contributed by atoms with Crippen LogP contribution >= 0.6 is 0 Å². The van der Waals surface area contributed by atoms with Crippen LogP contribution in [0.25, 0.3) is 0 Å². The summed E-state index contributed by atoms with van der Waals surface area (Å²) >= 11 is -2.52. The molecule has 2 aliphatic heterocycles. The summed E-state index contributed by atoms with van der Waals surface area (Å²) in [5.74, 6) is -0.124. The average Bonchev–Trinajstić information content (AvgIpc) is 3.64. The number of fused-ring (bicyclic) bond motifs is 2. The van der Waals surface area contributed by atoms with Gasteiger partial charge in [-0.2, -0.15) is 0 Å². The summed E-state index contributed by atoms with van der Waals surface area (Å²) in [5, 5.41) is 2.32. The normalized spacial score (nSPS) is 24.0. The van der Waals surface area contributed by atoms with E-state index < -0.39 is 44.1 Å². The van der Waals surface area contributed by atoms with Crippen LogP contribution in [0.15, 0.2) is 89.9 Å². The Balaban J connectivity index is 1.41. The van der Waals surface area contributed by atoms with Crippen molar-refractivity contribution in [2.24, 2.45) is 10.9 Å². The second-order valence-electron chi connectivity index (χ2n) is 18.1. The standard InChI is InChI=1S/C36H43N2O5Si.3C4H9.Sn/c1-34(2,3)44(27-15-9-7-10-16-27,28-17-11-8-12-18-28)42-24-23-36-29-19-13-14-20-31(29)38(33(39)41-6)35(36)22-21-26(37-4)25-30(35)32(40-5)43-36;3*1-3-4-2;/h7-20,30,32H,4,21-25H2,1-3,5-6H3;3*1,3-4H2,2H3;/b37-26-;;;;/t30-,32+,35+,36+;;;;/m0..../s1. The van der Waals surface area contributed by atoms with E-state index in [1.165, 1.54) is 75.0 Å². The molecule has 2 heterocycles. The summed E-state index contributed by atoms with van der Waals surface area (Å²) in [6.45, 7) is 14.4. The van der Waals surface area contributed by atoms with Crippen LogP contribution in [-0.2, 0) is 24.2 Å². The zero-order chi connectivity index (χ0) is 40.7. The van der Waals surface area contributed by atoms with Gasteiger partial charge in [-0.1, -0.05) is 81.4 Å². The molecule has 6 rings (SSSR count). The summed E-state index contributed by atoms with van der Waals surface area (Å²) in [6.07, 6.45) is 9.79. The van der Waals surface area contributed by atoms with Gasteiger partial charge in [0.25, 0.3) is 0 Å². The molecule has 2 fully saturated rings. The van der Waals surface area contributed by atoms with Gasteiger partial charge < -0.3 is 0 Å².